The van der Waals surface area contributed by atoms with Crippen molar-refractivity contribution in [1.82, 2.24) is 9.88 Å². The highest BCUT2D eigenvalue weighted by atomic mass is 32.2. The number of ether oxygens (including phenoxy) is 1. The van der Waals surface area contributed by atoms with Crippen molar-refractivity contribution in [2.45, 2.75) is 25.7 Å². The van der Waals surface area contributed by atoms with E-state index in [4.69, 9.17) is 9.26 Å². The Balaban J connectivity index is 1.88. The van der Waals surface area contributed by atoms with Crippen LogP contribution in [0.5, 0.6) is 0 Å². The van der Waals surface area contributed by atoms with Gasteiger partial charge >= 0.3 is 5.97 Å². The molecule has 0 bridgehead atoms. The van der Waals surface area contributed by atoms with Crippen LogP contribution in [0, 0.1) is 20.8 Å². The molecule has 2 aromatic heterocycles. The second kappa shape index (κ2) is 7.24. The smallest absolute Gasteiger partial charge is 0.321 e. The quantitative estimate of drug-likeness (QED) is 0.576. The first-order chi connectivity index (χ1) is 11.2. The van der Waals surface area contributed by atoms with E-state index in [9.17, 15) is 18.0 Å². The van der Waals surface area contributed by atoms with Crippen molar-refractivity contribution in [3.63, 3.8) is 0 Å². The molecule has 1 N–H and O–H groups in total. The van der Waals surface area contributed by atoms with Gasteiger partial charge in [-0.2, -0.15) is 4.72 Å². The van der Waals surface area contributed by atoms with Crippen LogP contribution in [0.3, 0.4) is 0 Å². The fourth-order valence-corrected chi connectivity index (χ4v) is 4.02. The summed E-state index contributed by atoms with van der Waals surface area (Å²) >= 11 is 1.30. The van der Waals surface area contributed by atoms with Gasteiger partial charge in [0.2, 0.25) is 15.8 Å². The maximum absolute atomic E-state index is 12.1. The molecule has 130 valence electrons. The van der Waals surface area contributed by atoms with Crippen LogP contribution >= 0.6 is 11.3 Å². The van der Waals surface area contributed by atoms with Gasteiger partial charge in [-0.3, -0.25) is 9.59 Å². The Morgan fingerprint density at radius 3 is 2.54 bits per heavy atom. The van der Waals surface area contributed by atoms with E-state index < -0.39 is 29.1 Å². The predicted molar refractivity (Wildman–Crippen MR) is 85.5 cm³/mol. The number of esters is 1. The van der Waals surface area contributed by atoms with E-state index in [1.54, 1.807) is 12.1 Å². The molecule has 10 heteroatoms. The standard InChI is InChI=1S/C14H16N2O6S2/c1-8-4-5-12(23-8)11(17)7-21-13(18)6-15-24(19,20)14-9(2)16-22-10(14)3/h4-5,15H,6-7H2,1-3H3. The third-order valence-corrected chi connectivity index (χ3v) is 5.71. The number of rotatable bonds is 7. The number of hydrogen-bond acceptors (Lipinski definition) is 8. The third-order valence-electron chi connectivity index (χ3n) is 3.02. The van der Waals surface area contributed by atoms with Crippen molar-refractivity contribution < 1.29 is 27.3 Å². The molecule has 0 aliphatic rings. The highest BCUT2D eigenvalue weighted by Crippen LogP contribution is 2.18. The number of ketones is 1. The second-order valence-electron chi connectivity index (χ2n) is 4.97. The molecule has 0 spiro atoms. The number of aryl methyl sites for hydroxylation is 3. The van der Waals surface area contributed by atoms with Gasteiger partial charge in [-0.05, 0) is 32.9 Å². The third kappa shape index (κ3) is 4.28. The van der Waals surface area contributed by atoms with Crippen LogP contribution in [0.25, 0.3) is 0 Å². The summed E-state index contributed by atoms with van der Waals surface area (Å²) in [6.45, 7) is 3.76. The van der Waals surface area contributed by atoms with E-state index in [1.807, 2.05) is 6.92 Å². The molecule has 0 unspecified atom stereocenters. The van der Waals surface area contributed by atoms with Gasteiger partial charge in [0.15, 0.2) is 12.4 Å². The van der Waals surface area contributed by atoms with Crippen molar-refractivity contribution in [3.8, 4) is 0 Å². The van der Waals surface area contributed by atoms with Crippen molar-refractivity contribution in [1.29, 1.82) is 0 Å². The fraction of sp³-hybridized carbons (Fsp3) is 0.357. The zero-order chi connectivity index (χ0) is 17.9. The SMILES string of the molecule is Cc1ccc(C(=O)COC(=O)CNS(=O)(=O)c2c(C)noc2C)s1. The Morgan fingerprint density at radius 2 is 2.00 bits per heavy atom. The molecule has 0 fully saturated rings. The molecule has 0 saturated heterocycles. The number of carbonyl (C=O) groups is 2. The van der Waals surface area contributed by atoms with Gasteiger partial charge in [0, 0.05) is 4.88 Å². The first-order valence-electron chi connectivity index (χ1n) is 6.88. The number of sulfonamides is 1. The van der Waals surface area contributed by atoms with Crippen LogP contribution in [0.15, 0.2) is 21.6 Å². The summed E-state index contributed by atoms with van der Waals surface area (Å²) < 4.78 is 35.9. The Kier molecular flexibility index (Phi) is 5.52. The van der Waals surface area contributed by atoms with Crippen LogP contribution in [-0.4, -0.2) is 38.5 Å². The largest absolute Gasteiger partial charge is 0.456 e. The molecular weight excluding hydrogens is 356 g/mol. The molecule has 0 aliphatic carbocycles. The van der Waals surface area contributed by atoms with Crippen molar-refractivity contribution in [2.24, 2.45) is 0 Å². The zero-order valence-electron chi connectivity index (χ0n) is 13.3. The highest BCUT2D eigenvalue weighted by Gasteiger charge is 2.25. The summed E-state index contributed by atoms with van der Waals surface area (Å²) in [5.74, 6) is -1.07. The Labute approximate surface area is 142 Å². The van der Waals surface area contributed by atoms with E-state index in [2.05, 4.69) is 9.88 Å². The summed E-state index contributed by atoms with van der Waals surface area (Å²) in [6.07, 6.45) is 0. The van der Waals surface area contributed by atoms with Gasteiger partial charge in [0.1, 0.15) is 17.1 Å². The van der Waals surface area contributed by atoms with Crippen LogP contribution in [0.4, 0.5) is 0 Å². The van der Waals surface area contributed by atoms with Gasteiger partial charge in [0.05, 0.1) is 4.88 Å². The molecule has 24 heavy (non-hydrogen) atoms. The molecule has 0 aliphatic heterocycles. The lowest BCUT2D eigenvalue weighted by atomic mass is 10.3. The number of carbonyl (C=O) groups excluding carboxylic acids is 2. The van der Waals surface area contributed by atoms with Crippen LogP contribution in [0.1, 0.15) is 26.0 Å². The Morgan fingerprint density at radius 1 is 1.29 bits per heavy atom. The molecule has 2 aromatic rings. The number of hydrogen-bond donors (Lipinski definition) is 1. The van der Waals surface area contributed by atoms with Crippen LogP contribution < -0.4 is 4.72 Å². The van der Waals surface area contributed by atoms with E-state index in [0.29, 0.717) is 4.88 Å². The molecule has 0 atom stereocenters. The molecule has 2 rings (SSSR count). The zero-order valence-corrected chi connectivity index (χ0v) is 14.9. The average Bonchev–Trinajstić information content (AvgIpc) is 3.09. The van der Waals surface area contributed by atoms with Crippen molar-refractivity contribution in [3.05, 3.63) is 33.3 Å². The van der Waals surface area contributed by atoms with Crippen molar-refractivity contribution >= 4 is 33.1 Å². The molecule has 0 radical (unpaired) electrons. The molecule has 0 saturated carbocycles. The summed E-state index contributed by atoms with van der Waals surface area (Å²) in [4.78, 5) is 24.8. The van der Waals surface area contributed by atoms with Crippen molar-refractivity contribution in [2.75, 3.05) is 13.2 Å². The number of nitrogens with zero attached hydrogens (tertiary/aromatic N) is 1. The average molecular weight is 372 g/mol. The number of nitrogens with one attached hydrogen (secondary N) is 1. The fourth-order valence-electron chi connectivity index (χ4n) is 1.94. The molecule has 2 heterocycles. The number of aromatic nitrogens is 1. The normalized spacial score (nSPS) is 11.5. The molecular formula is C14H16N2O6S2. The minimum absolute atomic E-state index is 0.111. The minimum Gasteiger partial charge on any atom is -0.456 e. The predicted octanol–water partition coefficient (Wildman–Crippen LogP) is 1.37. The minimum atomic E-state index is -3.95. The summed E-state index contributed by atoms with van der Waals surface area (Å²) in [5.41, 5.74) is 0.191. The molecule has 0 aromatic carbocycles. The van der Waals surface area contributed by atoms with Gasteiger partial charge in [-0.25, -0.2) is 8.42 Å². The molecule has 8 nitrogen and oxygen atoms in total. The lowest BCUT2D eigenvalue weighted by molar-refractivity contribution is -0.141. The Bertz CT molecular complexity index is 846. The number of Topliss-reactive ketones (excluding diaryl/α,β-unsaturated/α-hetero) is 1. The lowest BCUT2D eigenvalue weighted by Gasteiger charge is -2.06. The Hall–Kier alpha value is -2.04. The van der Waals surface area contributed by atoms with Gasteiger partial charge in [0.25, 0.3) is 0 Å². The maximum atomic E-state index is 12.1. The van der Waals surface area contributed by atoms with Gasteiger partial charge in [-0.15, -0.1) is 11.3 Å². The van der Waals surface area contributed by atoms with E-state index in [0.717, 1.165) is 4.88 Å². The summed E-state index contributed by atoms with van der Waals surface area (Å²) in [6, 6.07) is 3.44. The topological polar surface area (TPSA) is 116 Å². The van der Waals surface area contributed by atoms with E-state index >= 15 is 0 Å². The summed E-state index contributed by atoms with van der Waals surface area (Å²) in [5, 5.41) is 3.55. The van der Waals surface area contributed by atoms with Gasteiger partial charge < -0.3 is 9.26 Å². The van der Waals surface area contributed by atoms with Crippen LogP contribution in [0.2, 0.25) is 0 Å². The lowest BCUT2D eigenvalue weighted by Crippen LogP contribution is -2.32. The first kappa shape index (κ1) is 18.3. The summed E-state index contributed by atoms with van der Waals surface area (Å²) in [7, 11) is -3.95. The van der Waals surface area contributed by atoms with E-state index in [1.165, 1.54) is 25.2 Å². The van der Waals surface area contributed by atoms with Crippen LogP contribution in [-0.2, 0) is 19.6 Å². The maximum Gasteiger partial charge on any atom is 0.321 e. The molecule has 0 amide bonds. The van der Waals surface area contributed by atoms with E-state index in [-0.39, 0.29) is 22.1 Å². The monoisotopic (exact) mass is 372 g/mol. The number of thiophene rings is 1. The second-order valence-corrected chi connectivity index (χ2v) is 7.96. The highest BCUT2D eigenvalue weighted by molar-refractivity contribution is 7.89. The van der Waals surface area contributed by atoms with Gasteiger partial charge in [-0.1, -0.05) is 5.16 Å². The first-order valence-corrected chi connectivity index (χ1v) is 9.18.